The highest BCUT2D eigenvalue weighted by Gasteiger charge is 2.08. The Morgan fingerprint density at radius 2 is 1.65 bits per heavy atom. The van der Waals surface area contributed by atoms with Gasteiger partial charge in [-0.25, -0.2) is 0 Å². The second kappa shape index (κ2) is 4.27. The number of nitrogens with two attached hydrogens (primary N) is 1. The van der Waals surface area contributed by atoms with E-state index >= 15 is 0 Å². The molecular formula is C15H17NSi. The third-order valence-electron chi connectivity index (χ3n) is 2.51. The van der Waals surface area contributed by atoms with Crippen molar-refractivity contribution >= 4 is 24.5 Å². The molecule has 0 fully saturated rings. The summed E-state index contributed by atoms with van der Waals surface area (Å²) in [7, 11) is -1.35. The fourth-order valence-electron chi connectivity index (χ4n) is 1.73. The molecule has 0 radical (unpaired) electrons. The van der Waals surface area contributed by atoms with E-state index in [9.17, 15) is 0 Å². The fraction of sp³-hybridized carbons (Fsp3) is 0.200. The molecule has 2 aromatic rings. The van der Waals surface area contributed by atoms with Gasteiger partial charge in [-0.15, -0.1) is 5.54 Å². The number of hydrogen-bond donors (Lipinski definition) is 1. The highest BCUT2D eigenvalue weighted by molar-refractivity contribution is 6.83. The third kappa shape index (κ3) is 2.69. The van der Waals surface area contributed by atoms with E-state index in [0.717, 1.165) is 22.0 Å². The molecule has 0 unspecified atom stereocenters. The molecule has 0 amide bonds. The molecule has 0 bridgehead atoms. The van der Waals surface area contributed by atoms with E-state index in [4.69, 9.17) is 5.73 Å². The van der Waals surface area contributed by atoms with Crippen molar-refractivity contribution in [1.29, 1.82) is 0 Å². The van der Waals surface area contributed by atoms with Crippen LogP contribution in [0.1, 0.15) is 5.56 Å². The maximum Gasteiger partial charge on any atom is 0.129 e. The van der Waals surface area contributed by atoms with E-state index in [2.05, 4.69) is 43.2 Å². The average Bonchev–Trinajstić information content (AvgIpc) is 2.25. The highest BCUT2D eigenvalue weighted by Crippen LogP contribution is 2.24. The summed E-state index contributed by atoms with van der Waals surface area (Å²) in [5.74, 6) is 3.30. The predicted octanol–water partition coefficient (Wildman–Crippen LogP) is 3.65. The van der Waals surface area contributed by atoms with Crippen LogP contribution in [0, 0.1) is 11.5 Å². The van der Waals surface area contributed by atoms with Gasteiger partial charge in [0, 0.05) is 16.6 Å². The number of nitrogen functional groups attached to an aromatic ring is 1. The van der Waals surface area contributed by atoms with Crippen LogP contribution in [0.4, 0.5) is 5.69 Å². The first-order valence-corrected chi connectivity index (χ1v) is 9.28. The maximum atomic E-state index is 6.04. The molecule has 2 heteroatoms. The van der Waals surface area contributed by atoms with Gasteiger partial charge in [-0.05, 0) is 17.5 Å². The maximum absolute atomic E-state index is 6.04. The molecule has 17 heavy (non-hydrogen) atoms. The van der Waals surface area contributed by atoms with Crippen LogP contribution in [0.15, 0.2) is 36.4 Å². The first-order chi connectivity index (χ1) is 7.97. The molecule has 0 aliphatic heterocycles. The lowest BCUT2D eigenvalue weighted by atomic mass is 10.0. The normalized spacial score (nSPS) is 11.0. The fourth-order valence-corrected chi connectivity index (χ4v) is 2.24. The Hall–Kier alpha value is -1.72. The quantitative estimate of drug-likeness (QED) is 0.424. The van der Waals surface area contributed by atoms with Gasteiger partial charge in [-0.1, -0.05) is 49.8 Å². The van der Waals surface area contributed by atoms with Crippen LogP contribution in [0.25, 0.3) is 10.8 Å². The summed E-state index contributed by atoms with van der Waals surface area (Å²) in [4.78, 5) is 0. The third-order valence-corrected chi connectivity index (χ3v) is 3.38. The number of anilines is 1. The second-order valence-electron chi connectivity index (χ2n) is 5.25. The van der Waals surface area contributed by atoms with Crippen LogP contribution in [0.5, 0.6) is 0 Å². The zero-order chi connectivity index (χ0) is 12.5. The van der Waals surface area contributed by atoms with Crippen molar-refractivity contribution in [2.75, 3.05) is 5.73 Å². The van der Waals surface area contributed by atoms with Gasteiger partial charge >= 0.3 is 0 Å². The molecular weight excluding hydrogens is 222 g/mol. The van der Waals surface area contributed by atoms with E-state index in [1.807, 2.05) is 24.3 Å². The van der Waals surface area contributed by atoms with E-state index in [1.165, 1.54) is 0 Å². The summed E-state index contributed by atoms with van der Waals surface area (Å²) in [6.45, 7) is 6.73. The lowest BCUT2D eigenvalue weighted by Crippen LogP contribution is -2.16. The molecule has 0 saturated carbocycles. The Morgan fingerprint density at radius 1 is 1.00 bits per heavy atom. The summed E-state index contributed by atoms with van der Waals surface area (Å²) in [5.41, 5.74) is 11.3. The second-order valence-corrected chi connectivity index (χ2v) is 10.0. The minimum atomic E-state index is -1.35. The lowest BCUT2D eigenvalue weighted by Gasteiger charge is -2.06. The van der Waals surface area contributed by atoms with Crippen molar-refractivity contribution < 1.29 is 0 Å². The van der Waals surface area contributed by atoms with Gasteiger partial charge in [-0.2, -0.15) is 0 Å². The van der Waals surface area contributed by atoms with Crippen LogP contribution < -0.4 is 5.73 Å². The van der Waals surface area contributed by atoms with Crippen molar-refractivity contribution in [1.82, 2.24) is 0 Å². The Morgan fingerprint density at radius 3 is 2.29 bits per heavy atom. The van der Waals surface area contributed by atoms with Crippen molar-refractivity contribution in [2.45, 2.75) is 19.6 Å². The molecule has 0 aliphatic rings. The molecule has 0 aromatic heterocycles. The molecule has 0 heterocycles. The Kier molecular flexibility index (Phi) is 2.95. The van der Waals surface area contributed by atoms with E-state index < -0.39 is 8.07 Å². The number of rotatable bonds is 0. The summed E-state index contributed by atoms with van der Waals surface area (Å²) in [5, 5.41) is 2.24. The highest BCUT2D eigenvalue weighted by atomic mass is 28.3. The smallest absolute Gasteiger partial charge is 0.129 e. The molecule has 2 N–H and O–H groups in total. The number of hydrogen-bond acceptors (Lipinski definition) is 1. The summed E-state index contributed by atoms with van der Waals surface area (Å²) < 4.78 is 0. The summed E-state index contributed by atoms with van der Waals surface area (Å²) in [6.07, 6.45) is 0. The lowest BCUT2D eigenvalue weighted by molar-refractivity contribution is 1.69. The standard InChI is InChI=1S/C15H17NSi/c1-17(2,3)11-10-13-7-4-6-12-8-5-9-14(16)15(12)13/h4-9H,16H2,1-3H3. The summed E-state index contributed by atoms with van der Waals surface area (Å²) in [6, 6.07) is 12.1. The molecule has 0 atom stereocenters. The Bertz CT molecular complexity index is 607. The van der Waals surface area contributed by atoms with Gasteiger partial charge in [0.1, 0.15) is 8.07 Å². The van der Waals surface area contributed by atoms with Gasteiger partial charge in [0.25, 0.3) is 0 Å². The number of benzene rings is 2. The SMILES string of the molecule is C[Si](C)(C)C#Cc1cccc2cccc(N)c12. The monoisotopic (exact) mass is 239 g/mol. The Labute approximate surface area is 104 Å². The van der Waals surface area contributed by atoms with Gasteiger partial charge in [0.15, 0.2) is 0 Å². The predicted molar refractivity (Wildman–Crippen MR) is 78.6 cm³/mol. The van der Waals surface area contributed by atoms with Crippen molar-refractivity contribution in [2.24, 2.45) is 0 Å². The zero-order valence-electron chi connectivity index (χ0n) is 10.5. The van der Waals surface area contributed by atoms with Crippen LogP contribution in [0.3, 0.4) is 0 Å². The molecule has 0 aliphatic carbocycles. The van der Waals surface area contributed by atoms with Crippen LogP contribution in [-0.2, 0) is 0 Å². The molecule has 1 nitrogen and oxygen atoms in total. The van der Waals surface area contributed by atoms with Crippen LogP contribution in [-0.4, -0.2) is 8.07 Å². The molecule has 0 spiro atoms. The first kappa shape index (κ1) is 11.8. The molecule has 86 valence electrons. The van der Waals surface area contributed by atoms with Gasteiger partial charge in [-0.3, -0.25) is 0 Å². The Balaban J connectivity index is 2.65. The minimum absolute atomic E-state index is 0.808. The van der Waals surface area contributed by atoms with Gasteiger partial charge < -0.3 is 5.73 Å². The van der Waals surface area contributed by atoms with E-state index in [0.29, 0.717) is 0 Å². The largest absolute Gasteiger partial charge is 0.398 e. The molecule has 0 saturated heterocycles. The first-order valence-electron chi connectivity index (χ1n) is 5.78. The minimum Gasteiger partial charge on any atom is -0.398 e. The average molecular weight is 239 g/mol. The van der Waals surface area contributed by atoms with Gasteiger partial charge in [0.2, 0.25) is 0 Å². The summed E-state index contributed by atoms with van der Waals surface area (Å²) >= 11 is 0. The van der Waals surface area contributed by atoms with Crippen molar-refractivity contribution in [3.8, 4) is 11.5 Å². The number of fused-ring (bicyclic) bond motifs is 1. The molecule has 2 aromatic carbocycles. The van der Waals surface area contributed by atoms with Crippen LogP contribution in [0.2, 0.25) is 19.6 Å². The van der Waals surface area contributed by atoms with E-state index in [1.54, 1.807) is 0 Å². The van der Waals surface area contributed by atoms with Crippen molar-refractivity contribution in [3.05, 3.63) is 42.0 Å². The van der Waals surface area contributed by atoms with Gasteiger partial charge in [0.05, 0.1) is 0 Å². The van der Waals surface area contributed by atoms with Crippen molar-refractivity contribution in [3.63, 3.8) is 0 Å². The van der Waals surface area contributed by atoms with Crippen LogP contribution >= 0.6 is 0 Å². The van der Waals surface area contributed by atoms with E-state index in [-0.39, 0.29) is 0 Å². The topological polar surface area (TPSA) is 26.0 Å². The zero-order valence-corrected chi connectivity index (χ0v) is 11.5. The molecule has 2 rings (SSSR count).